The van der Waals surface area contributed by atoms with Gasteiger partial charge in [-0.05, 0) is 12.1 Å². The smallest absolute Gasteiger partial charge is 0.297 e. The number of rotatable bonds is 1. The number of nitrogens with one attached hydrogen (secondary N) is 1. The van der Waals surface area contributed by atoms with Crippen molar-refractivity contribution in [3.63, 3.8) is 0 Å². The molecule has 1 heterocycles. The number of halogens is 5. The normalized spacial score (nSPS) is 11.7. The van der Waals surface area contributed by atoms with E-state index in [2.05, 4.69) is 0 Å². The topological polar surface area (TPSA) is 54.9 Å². The van der Waals surface area contributed by atoms with Crippen molar-refractivity contribution in [2.24, 2.45) is 0 Å². The fourth-order valence-electron chi connectivity index (χ4n) is 1.65. The quantitative estimate of drug-likeness (QED) is 0.820. The van der Waals surface area contributed by atoms with Crippen LogP contribution in [0.4, 0.5) is 13.2 Å². The van der Waals surface area contributed by atoms with Crippen molar-refractivity contribution in [3.05, 3.63) is 60.8 Å². The van der Waals surface area contributed by atoms with Gasteiger partial charge in [-0.1, -0.05) is 29.3 Å². The predicted molar refractivity (Wildman–Crippen MR) is 67.7 cm³/mol. The lowest BCUT2D eigenvalue weighted by molar-refractivity contribution is -0.137. The van der Waals surface area contributed by atoms with Gasteiger partial charge in [0.1, 0.15) is 5.15 Å². The third-order valence-corrected chi connectivity index (χ3v) is 2.92. The van der Waals surface area contributed by atoms with E-state index in [9.17, 15) is 22.8 Å². The van der Waals surface area contributed by atoms with Crippen LogP contribution in [-0.2, 0) is 6.18 Å². The Morgan fingerprint density at radius 2 is 1.80 bits per heavy atom. The first-order valence-electron chi connectivity index (χ1n) is 5.10. The molecule has 20 heavy (non-hydrogen) atoms. The predicted octanol–water partition coefficient (Wildman–Crippen LogP) is 2.85. The molecular formula is C11H5Cl2F3N2O2. The Morgan fingerprint density at radius 1 is 1.15 bits per heavy atom. The number of hydrogen-bond donors (Lipinski definition) is 1. The van der Waals surface area contributed by atoms with E-state index in [4.69, 9.17) is 23.2 Å². The second-order valence-electron chi connectivity index (χ2n) is 3.73. The van der Waals surface area contributed by atoms with E-state index in [1.165, 1.54) is 0 Å². The molecule has 1 aromatic carbocycles. The summed E-state index contributed by atoms with van der Waals surface area (Å²) in [5.74, 6) is 0. The molecule has 0 aliphatic heterocycles. The standard InChI is InChI=1S/C11H5Cl2F3N2O2/c12-6-3-1-2-5(11(14,15)16)9(6)18-8(19)4-7(13)17-10(18)20/h1-4H,(H,17,20). The van der Waals surface area contributed by atoms with E-state index in [1.54, 1.807) is 0 Å². The maximum absolute atomic E-state index is 12.9. The van der Waals surface area contributed by atoms with Gasteiger partial charge in [-0.2, -0.15) is 13.2 Å². The average molecular weight is 325 g/mol. The second-order valence-corrected chi connectivity index (χ2v) is 4.54. The van der Waals surface area contributed by atoms with Crippen molar-refractivity contribution < 1.29 is 13.2 Å². The van der Waals surface area contributed by atoms with Crippen LogP contribution in [0.5, 0.6) is 0 Å². The van der Waals surface area contributed by atoms with Crippen LogP contribution < -0.4 is 11.2 Å². The first-order chi connectivity index (χ1) is 9.21. The summed E-state index contributed by atoms with van der Waals surface area (Å²) in [6, 6.07) is 3.73. The largest absolute Gasteiger partial charge is 0.418 e. The van der Waals surface area contributed by atoms with Crippen LogP contribution in [0.3, 0.4) is 0 Å². The van der Waals surface area contributed by atoms with Gasteiger partial charge in [-0.3, -0.25) is 9.78 Å². The summed E-state index contributed by atoms with van der Waals surface area (Å²) in [5.41, 5.74) is -4.05. The van der Waals surface area contributed by atoms with Crippen molar-refractivity contribution >= 4 is 23.2 Å². The molecule has 1 aromatic heterocycles. The number of aromatic nitrogens is 2. The second kappa shape index (κ2) is 4.99. The first-order valence-corrected chi connectivity index (χ1v) is 5.85. The van der Waals surface area contributed by atoms with Gasteiger partial charge < -0.3 is 0 Å². The molecule has 0 aliphatic carbocycles. The summed E-state index contributed by atoms with van der Waals surface area (Å²) in [6.07, 6.45) is -4.77. The van der Waals surface area contributed by atoms with E-state index < -0.39 is 28.7 Å². The van der Waals surface area contributed by atoms with Gasteiger partial charge in [-0.25, -0.2) is 9.36 Å². The highest BCUT2D eigenvalue weighted by Crippen LogP contribution is 2.36. The Kier molecular flexibility index (Phi) is 3.66. The molecule has 0 atom stereocenters. The Hall–Kier alpha value is -1.73. The van der Waals surface area contributed by atoms with E-state index in [0.29, 0.717) is 0 Å². The van der Waals surface area contributed by atoms with E-state index in [0.717, 1.165) is 24.3 Å². The van der Waals surface area contributed by atoms with E-state index in [1.807, 2.05) is 4.98 Å². The number of alkyl halides is 3. The van der Waals surface area contributed by atoms with Crippen LogP contribution in [0, 0.1) is 0 Å². The maximum atomic E-state index is 12.9. The lowest BCUT2D eigenvalue weighted by Crippen LogP contribution is -2.34. The molecule has 0 saturated heterocycles. The van der Waals surface area contributed by atoms with Crippen molar-refractivity contribution in [1.29, 1.82) is 0 Å². The van der Waals surface area contributed by atoms with Gasteiger partial charge in [-0.15, -0.1) is 0 Å². The number of nitrogens with zero attached hydrogens (tertiary/aromatic N) is 1. The highest BCUT2D eigenvalue weighted by atomic mass is 35.5. The molecule has 0 saturated carbocycles. The molecule has 106 valence electrons. The molecule has 0 radical (unpaired) electrons. The van der Waals surface area contributed by atoms with Gasteiger partial charge >= 0.3 is 11.9 Å². The summed E-state index contributed by atoms with van der Waals surface area (Å²) in [5, 5.41) is -0.661. The number of aromatic amines is 1. The van der Waals surface area contributed by atoms with Crippen LogP contribution >= 0.6 is 23.2 Å². The Balaban J connectivity index is 2.91. The third kappa shape index (κ3) is 2.59. The number of benzene rings is 1. The third-order valence-electron chi connectivity index (χ3n) is 2.42. The molecule has 0 unspecified atom stereocenters. The molecule has 9 heteroatoms. The summed E-state index contributed by atoms with van der Waals surface area (Å²) in [7, 11) is 0. The minimum absolute atomic E-state index is 0.281. The summed E-state index contributed by atoms with van der Waals surface area (Å²) >= 11 is 11.2. The molecule has 1 N–H and O–H groups in total. The fraction of sp³-hybridized carbons (Fsp3) is 0.0909. The van der Waals surface area contributed by atoms with Crippen LogP contribution in [-0.4, -0.2) is 9.55 Å². The highest BCUT2D eigenvalue weighted by Gasteiger charge is 2.35. The van der Waals surface area contributed by atoms with Gasteiger partial charge in [0.2, 0.25) is 0 Å². The molecule has 0 fully saturated rings. The van der Waals surface area contributed by atoms with Gasteiger partial charge in [0.15, 0.2) is 0 Å². The highest BCUT2D eigenvalue weighted by molar-refractivity contribution is 6.32. The van der Waals surface area contributed by atoms with Crippen LogP contribution in [0.2, 0.25) is 10.2 Å². The van der Waals surface area contributed by atoms with Crippen molar-refractivity contribution in [3.8, 4) is 5.69 Å². The lowest BCUT2D eigenvalue weighted by atomic mass is 10.1. The van der Waals surface area contributed by atoms with Crippen LogP contribution in [0.1, 0.15) is 5.56 Å². The Bertz CT molecular complexity index is 749. The zero-order valence-corrected chi connectivity index (χ0v) is 11.0. The number of para-hydroxylation sites is 1. The van der Waals surface area contributed by atoms with E-state index >= 15 is 0 Å². The number of hydrogen-bond acceptors (Lipinski definition) is 2. The van der Waals surface area contributed by atoms with Crippen molar-refractivity contribution in [1.82, 2.24) is 9.55 Å². The monoisotopic (exact) mass is 324 g/mol. The van der Waals surface area contributed by atoms with Crippen molar-refractivity contribution in [2.45, 2.75) is 6.18 Å². The zero-order chi connectivity index (χ0) is 15.1. The average Bonchev–Trinajstić information content (AvgIpc) is 2.28. The minimum Gasteiger partial charge on any atom is -0.297 e. The molecule has 4 nitrogen and oxygen atoms in total. The minimum atomic E-state index is -4.77. The summed E-state index contributed by atoms with van der Waals surface area (Å²) in [4.78, 5) is 25.4. The van der Waals surface area contributed by atoms with Gasteiger partial charge in [0.05, 0.1) is 16.3 Å². The number of H-pyrrole nitrogens is 1. The summed E-state index contributed by atoms with van der Waals surface area (Å²) in [6.45, 7) is 0. The SMILES string of the molecule is O=c1cc(Cl)[nH]c(=O)n1-c1c(Cl)cccc1C(F)(F)F. The maximum Gasteiger partial charge on any atom is 0.418 e. The summed E-state index contributed by atoms with van der Waals surface area (Å²) < 4.78 is 39.1. The van der Waals surface area contributed by atoms with Crippen LogP contribution in [0.15, 0.2) is 33.9 Å². The van der Waals surface area contributed by atoms with Gasteiger partial charge in [0.25, 0.3) is 5.56 Å². The first kappa shape index (κ1) is 14.7. The molecule has 0 amide bonds. The molecule has 2 aromatic rings. The Labute approximate surface area is 119 Å². The van der Waals surface area contributed by atoms with E-state index in [-0.39, 0.29) is 14.7 Å². The van der Waals surface area contributed by atoms with Crippen molar-refractivity contribution in [2.75, 3.05) is 0 Å². The zero-order valence-electron chi connectivity index (χ0n) is 9.46. The Morgan fingerprint density at radius 3 is 2.35 bits per heavy atom. The molecule has 2 rings (SSSR count). The fourth-order valence-corrected chi connectivity index (χ4v) is 2.08. The molecule has 0 spiro atoms. The molecular weight excluding hydrogens is 320 g/mol. The molecule has 0 aliphatic rings. The molecule has 0 bridgehead atoms. The lowest BCUT2D eigenvalue weighted by Gasteiger charge is -2.14. The van der Waals surface area contributed by atoms with Gasteiger partial charge in [0, 0.05) is 6.07 Å². The van der Waals surface area contributed by atoms with Crippen LogP contribution in [0.25, 0.3) is 5.69 Å².